The number of allylic oxidation sites excluding steroid dienone is 28. The minimum Gasteiger partial charge on any atom is -0.462 e. The van der Waals surface area contributed by atoms with Crippen LogP contribution in [0.15, 0.2) is 170 Å². The molecule has 0 aromatic rings. The molecule has 9 nitrogen and oxygen atoms in total. The van der Waals surface area contributed by atoms with Gasteiger partial charge in [0.15, 0.2) is 6.10 Å². The standard InChI is InChI=1S/C91H154NO8P/c1-3-5-7-9-11-13-15-17-19-21-23-25-27-29-31-33-35-37-39-41-43-44-46-48-50-52-54-56-58-60-62-64-66-68-70-72-74-76-78-80-82-84-91(94)100-89(88-99-101(95,96)98-86-85-92)87-97-90(93)83-81-79-77-75-73-71-69-67-65-63-61-59-57-55-53-51-49-47-45-42-40-38-36-34-32-30-28-26-24-22-20-18-16-14-12-10-8-6-4-2/h5-8,11-14,17-20,23-26,29-32,35,37,41,43,46,48,52,54,89H,3-4,9-10,15-16,21-22,27-28,33-34,36,38-40,42,44-45,47,49-51,53,55-88,92H2,1-2H3,(H,95,96)/b7-5-,8-6-,13-11-,14-12-,19-17-,20-18-,25-23-,26-24-,31-29-,32-30-,37-35-,43-41-,48-46-,54-52-. The molecule has 0 heterocycles. The predicted octanol–water partition coefficient (Wildman–Crippen LogP) is 28.4. The highest BCUT2D eigenvalue weighted by atomic mass is 31.2. The molecule has 2 unspecified atom stereocenters. The Morgan fingerprint density at radius 1 is 0.297 bits per heavy atom. The fourth-order valence-corrected chi connectivity index (χ4v) is 12.3. The fourth-order valence-electron chi connectivity index (χ4n) is 11.5. The van der Waals surface area contributed by atoms with E-state index in [2.05, 4.69) is 184 Å². The maximum atomic E-state index is 12.8. The van der Waals surface area contributed by atoms with Crippen LogP contribution in [0.3, 0.4) is 0 Å². The largest absolute Gasteiger partial charge is 0.472 e. The van der Waals surface area contributed by atoms with E-state index in [4.69, 9.17) is 24.3 Å². The Morgan fingerprint density at radius 2 is 0.515 bits per heavy atom. The lowest BCUT2D eigenvalue weighted by Gasteiger charge is -2.19. The van der Waals surface area contributed by atoms with Crippen LogP contribution < -0.4 is 5.73 Å². The number of carbonyl (C=O) groups excluding carboxylic acids is 2. The minimum atomic E-state index is -4.41. The summed E-state index contributed by atoms with van der Waals surface area (Å²) in [7, 11) is -4.41. The van der Waals surface area contributed by atoms with Crippen molar-refractivity contribution in [3.63, 3.8) is 0 Å². The summed E-state index contributed by atoms with van der Waals surface area (Å²) in [6.07, 6.45) is 125. The summed E-state index contributed by atoms with van der Waals surface area (Å²) in [6, 6.07) is 0. The topological polar surface area (TPSA) is 134 Å². The van der Waals surface area contributed by atoms with Crippen molar-refractivity contribution < 1.29 is 37.6 Å². The molecule has 0 fully saturated rings. The number of unbranched alkanes of at least 4 members (excludes halogenated alkanes) is 36. The van der Waals surface area contributed by atoms with Gasteiger partial charge in [0.1, 0.15) is 6.61 Å². The van der Waals surface area contributed by atoms with E-state index >= 15 is 0 Å². The average Bonchev–Trinajstić information content (AvgIpc) is 1.04. The van der Waals surface area contributed by atoms with Crippen molar-refractivity contribution in [3.8, 4) is 0 Å². The fraction of sp³-hybridized carbons (Fsp3) is 0.670. The SMILES string of the molecule is CC/C=C\C/C=C\C/C=C\C/C=C\C/C=C\C/C=C\C/C=C\C/C=C\C/C=C\CCCCCCCCCCCCCCCC(=O)OC(COC(=O)CCCCCCCCCCCCCCCCCCCCCCCCC/C=C\C/C=C\C/C=C\C/C=C\C/C=C\CC)COP(=O)(O)OCCN. The quantitative estimate of drug-likeness (QED) is 0.0264. The maximum Gasteiger partial charge on any atom is 0.472 e. The van der Waals surface area contributed by atoms with Crippen molar-refractivity contribution in [1.29, 1.82) is 0 Å². The van der Waals surface area contributed by atoms with Crippen LogP contribution in [0.5, 0.6) is 0 Å². The molecule has 0 aromatic heterocycles. The van der Waals surface area contributed by atoms with Crippen molar-refractivity contribution in [1.82, 2.24) is 0 Å². The first-order chi connectivity index (χ1) is 49.8. The Kier molecular flexibility index (Phi) is 80.4. The Morgan fingerprint density at radius 3 is 0.762 bits per heavy atom. The van der Waals surface area contributed by atoms with Crippen LogP contribution in [0, 0.1) is 0 Å². The van der Waals surface area contributed by atoms with Gasteiger partial charge in [-0.1, -0.05) is 389 Å². The van der Waals surface area contributed by atoms with Crippen molar-refractivity contribution in [2.45, 2.75) is 367 Å². The van der Waals surface area contributed by atoms with E-state index in [1.54, 1.807) is 0 Å². The Balaban J connectivity index is 3.83. The molecule has 0 bridgehead atoms. The first-order valence-electron chi connectivity index (χ1n) is 41.6. The van der Waals surface area contributed by atoms with Gasteiger partial charge in [0.05, 0.1) is 13.2 Å². The number of phosphoric ester groups is 1. The first kappa shape index (κ1) is 96.4. The van der Waals surface area contributed by atoms with Gasteiger partial charge in [-0.3, -0.25) is 18.6 Å². The van der Waals surface area contributed by atoms with E-state index in [-0.39, 0.29) is 38.6 Å². The molecule has 0 rings (SSSR count). The highest BCUT2D eigenvalue weighted by Crippen LogP contribution is 2.43. The minimum absolute atomic E-state index is 0.0489. The zero-order chi connectivity index (χ0) is 72.9. The van der Waals surface area contributed by atoms with Gasteiger partial charge in [-0.2, -0.15) is 0 Å². The third-order valence-corrected chi connectivity index (χ3v) is 18.6. The normalized spacial score (nSPS) is 13.7. The first-order valence-corrected chi connectivity index (χ1v) is 43.1. The Labute approximate surface area is 622 Å². The molecule has 0 saturated carbocycles. The summed E-state index contributed by atoms with van der Waals surface area (Å²) in [5.41, 5.74) is 5.42. The molecule has 0 aliphatic rings. The summed E-state index contributed by atoms with van der Waals surface area (Å²) < 4.78 is 33.3. The molecule has 0 aliphatic heterocycles. The third kappa shape index (κ3) is 84.2. The number of nitrogens with two attached hydrogens (primary N) is 1. The van der Waals surface area contributed by atoms with Gasteiger partial charge in [0, 0.05) is 19.4 Å². The van der Waals surface area contributed by atoms with Crippen LogP contribution >= 0.6 is 7.82 Å². The lowest BCUT2D eigenvalue weighted by Crippen LogP contribution is -2.29. The molecule has 576 valence electrons. The molecule has 0 radical (unpaired) electrons. The molecular formula is C91H154NO8P. The number of carbonyl (C=O) groups is 2. The van der Waals surface area contributed by atoms with E-state index in [1.165, 1.54) is 199 Å². The molecule has 3 N–H and O–H groups in total. The second kappa shape index (κ2) is 84.3. The van der Waals surface area contributed by atoms with E-state index in [0.717, 1.165) is 128 Å². The molecule has 2 atom stereocenters. The van der Waals surface area contributed by atoms with Gasteiger partial charge in [0.25, 0.3) is 0 Å². The summed E-state index contributed by atoms with van der Waals surface area (Å²) in [5.74, 6) is -0.821. The van der Waals surface area contributed by atoms with E-state index < -0.39 is 26.5 Å². The number of hydrogen-bond acceptors (Lipinski definition) is 8. The Hall–Kier alpha value is -4.63. The van der Waals surface area contributed by atoms with Gasteiger partial charge >= 0.3 is 19.8 Å². The van der Waals surface area contributed by atoms with Crippen molar-refractivity contribution >= 4 is 19.8 Å². The smallest absolute Gasteiger partial charge is 0.462 e. The van der Waals surface area contributed by atoms with E-state index in [9.17, 15) is 19.0 Å². The summed E-state index contributed by atoms with van der Waals surface area (Å²) in [4.78, 5) is 35.5. The third-order valence-electron chi connectivity index (χ3n) is 17.6. The van der Waals surface area contributed by atoms with E-state index in [0.29, 0.717) is 6.42 Å². The van der Waals surface area contributed by atoms with Gasteiger partial charge in [-0.05, 0) is 128 Å². The molecule has 0 spiro atoms. The van der Waals surface area contributed by atoms with Crippen molar-refractivity contribution in [2.24, 2.45) is 5.73 Å². The van der Waals surface area contributed by atoms with Crippen LogP contribution in [0.2, 0.25) is 0 Å². The molecule has 101 heavy (non-hydrogen) atoms. The molecule has 0 aromatic carbocycles. The zero-order valence-corrected chi connectivity index (χ0v) is 66.0. The number of ether oxygens (including phenoxy) is 2. The van der Waals surface area contributed by atoms with Crippen LogP contribution in [0.25, 0.3) is 0 Å². The highest BCUT2D eigenvalue weighted by molar-refractivity contribution is 7.47. The second-order valence-corrected chi connectivity index (χ2v) is 28.7. The lowest BCUT2D eigenvalue weighted by molar-refractivity contribution is -0.161. The average molecular weight is 1420 g/mol. The van der Waals surface area contributed by atoms with Crippen LogP contribution in [-0.2, 0) is 32.7 Å². The van der Waals surface area contributed by atoms with Crippen molar-refractivity contribution in [3.05, 3.63) is 170 Å². The van der Waals surface area contributed by atoms with Crippen LogP contribution in [0.4, 0.5) is 0 Å². The van der Waals surface area contributed by atoms with Gasteiger partial charge < -0.3 is 20.1 Å². The molecule has 10 heteroatoms. The second-order valence-electron chi connectivity index (χ2n) is 27.2. The Bertz CT molecular complexity index is 2280. The van der Waals surface area contributed by atoms with Gasteiger partial charge in [0.2, 0.25) is 0 Å². The monoisotopic (exact) mass is 1420 g/mol. The predicted molar refractivity (Wildman–Crippen MR) is 440 cm³/mol. The molecule has 0 aliphatic carbocycles. The summed E-state index contributed by atoms with van der Waals surface area (Å²) in [6.45, 7) is 3.54. The van der Waals surface area contributed by atoms with E-state index in [1.807, 2.05) is 0 Å². The van der Waals surface area contributed by atoms with Gasteiger partial charge in [-0.15, -0.1) is 0 Å². The number of rotatable bonds is 77. The molecular weight excluding hydrogens is 1270 g/mol. The van der Waals surface area contributed by atoms with Crippen LogP contribution in [0.1, 0.15) is 361 Å². The number of esters is 2. The summed E-state index contributed by atoms with van der Waals surface area (Å²) in [5, 5.41) is 0. The van der Waals surface area contributed by atoms with Gasteiger partial charge in [-0.25, -0.2) is 4.57 Å². The number of phosphoric acid groups is 1. The highest BCUT2D eigenvalue weighted by Gasteiger charge is 2.26. The zero-order valence-electron chi connectivity index (χ0n) is 65.1. The van der Waals surface area contributed by atoms with Crippen molar-refractivity contribution in [2.75, 3.05) is 26.4 Å². The molecule has 0 saturated heterocycles. The maximum absolute atomic E-state index is 12.8. The lowest BCUT2D eigenvalue weighted by atomic mass is 10.0. The summed E-state index contributed by atoms with van der Waals surface area (Å²) >= 11 is 0. The molecule has 0 amide bonds. The number of hydrogen-bond donors (Lipinski definition) is 2. The van der Waals surface area contributed by atoms with Crippen LogP contribution in [-0.4, -0.2) is 49.3 Å².